The summed E-state index contributed by atoms with van der Waals surface area (Å²) in [6, 6.07) is 8.83. The van der Waals surface area contributed by atoms with E-state index in [1.165, 1.54) is 24.0 Å². The van der Waals surface area contributed by atoms with Gasteiger partial charge in [0.25, 0.3) is 5.91 Å². The Labute approximate surface area is 161 Å². The van der Waals surface area contributed by atoms with Crippen LogP contribution in [0.4, 0.5) is 0 Å². The normalized spacial score (nSPS) is 20.9. The maximum Gasteiger partial charge on any atom is 0.276 e. The lowest BCUT2D eigenvalue weighted by Crippen LogP contribution is -2.36. The zero-order valence-electron chi connectivity index (χ0n) is 16.2. The Morgan fingerprint density at radius 3 is 2.67 bits per heavy atom. The summed E-state index contributed by atoms with van der Waals surface area (Å²) in [6.45, 7) is 7.90. The summed E-state index contributed by atoms with van der Waals surface area (Å²) in [5.41, 5.74) is 3.17. The van der Waals surface area contributed by atoms with E-state index in [0.29, 0.717) is 11.6 Å². The zero-order chi connectivity index (χ0) is 18.6. The van der Waals surface area contributed by atoms with E-state index < -0.39 is 0 Å². The quantitative estimate of drug-likeness (QED) is 0.815. The molecule has 2 fully saturated rings. The van der Waals surface area contributed by atoms with Crippen molar-refractivity contribution in [2.45, 2.75) is 45.7 Å². The summed E-state index contributed by atoms with van der Waals surface area (Å²) in [5, 5.41) is 8.35. The summed E-state index contributed by atoms with van der Waals surface area (Å²) in [6.07, 6.45) is 6.45. The predicted octanol–water partition coefficient (Wildman–Crippen LogP) is 2.73. The number of amides is 1. The lowest BCUT2D eigenvalue weighted by atomic mass is 9.97. The molecule has 6 nitrogen and oxygen atoms in total. The number of aromatic nitrogens is 3. The number of benzene rings is 1. The van der Waals surface area contributed by atoms with Gasteiger partial charge < -0.3 is 4.90 Å². The van der Waals surface area contributed by atoms with Gasteiger partial charge in [0.15, 0.2) is 5.69 Å². The van der Waals surface area contributed by atoms with E-state index in [1.54, 1.807) is 0 Å². The highest BCUT2D eigenvalue weighted by Gasteiger charge is 2.24. The van der Waals surface area contributed by atoms with Crippen molar-refractivity contribution in [2.75, 3.05) is 26.2 Å². The molecule has 144 valence electrons. The molecule has 2 aliphatic heterocycles. The van der Waals surface area contributed by atoms with E-state index in [-0.39, 0.29) is 5.91 Å². The van der Waals surface area contributed by atoms with Crippen molar-refractivity contribution < 1.29 is 4.79 Å². The van der Waals surface area contributed by atoms with Crippen LogP contribution in [-0.4, -0.2) is 56.9 Å². The number of hydrogen-bond acceptors (Lipinski definition) is 4. The number of likely N-dealkylation sites (tertiary alicyclic amines) is 2. The third kappa shape index (κ3) is 4.56. The molecule has 0 bridgehead atoms. The smallest absolute Gasteiger partial charge is 0.276 e. The molecule has 0 aliphatic carbocycles. The van der Waals surface area contributed by atoms with Gasteiger partial charge in [0, 0.05) is 32.7 Å². The van der Waals surface area contributed by atoms with Crippen LogP contribution in [0.5, 0.6) is 0 Å². The minimum Gasteiger partial charge on any atom is -0.337 e. The SMILES string of the molecule is Cc1ccc(CN2CCC[C@H](Cn3cc(C(=O)N4CCCC4)nn3)C2)cc1. The van der Waals surface area contributed by atoms with Crippen molar-refractivity contribution in [3.63, 3.8) is 0 Å². The second-order valence-electron chi connectivity index (χ2n) is 8.05. The van der Waals surface area contributed by atoms with Gasteiger partial charge in [0.05, 0.1) is 6.20 Å². The standard InChI is InChI=1S/C21H29N5O/c1-17-6-8-18(9-7-17)13-24-10-4-5-19(14-24)15-26-16-20(22-23-26)21(27)25-11-2-3-12-25/h6-9,16,19H,2-5,10-15H2,1H3/t19-/m0/s1. The third-order valence-electron chi connectivity index (χ3n) is 5.73. The highest BCUT2D eigenvalue weighted by Crippen LogP contribution is 2.20. The summed E-state index contributed by atoms with van der Waals surface area (Å²) < 4.78 is 1.86. The van der Waals surface area contributed by atoms with Gasteiger partial charge in [-0.2, -0.15) is 0 Å². The molecule has 4 rings (SSSR count). The van der Waals surface area contributed by atoms with Crippen LogP contribution in [0, 0.1) is 12.8 Å². The van der Waals surface area contributed by atoms with E-state index >= 15 is 0 Å². The summed E-state index contributed by atoms with van der Waals surface area (Å²) in [5.74, 6) is 0.587. The average molecular weight is 367 g/mol. The molecule has 0 unspecified atom stereocenters. The van der Waals surface area contributed by atoms with Crippen LogP contribution in [0.25, 0.3) is 0 Å². The fraction of sp³-hybridized carbons (Fsp3) is 0.571. The van der Waals surface area contributed by atoms with Gasteiger partial charge in [0.1, 0.15) is 0 Å². The van der Waals surface area contributed by atoms with Gasteiger partial charge in [-0.05, 0) is 50.6 Å². The van der Waals surface area contributed by atoms with E-state index in [9.17, 15) is 4.79 Å². The Hall–Kier alpha value is -2.21. The molecule has 1 amide bonds. The van der Waals surface area contributed by atoms with Gasteiger partial charge in [0.2, 0.25) is 0 Å². The maximum atomic E-state index is 12.4. The van der Waals surface area contributed by atoms with Crippen molar-refractivity contribution in [3.8, 4) is 0 Å². The number of carbonyl (C=O) groups excluding carboxylic acids is 1. The summed E-state index contributed by atoms with van der Waals surface area (Å²) in [7, 11) is 0. The van der Waals surface area contributed by atoms with Gasteiger partial charge in [-0.1, -0.05) is 35.0 Å². The summed E-state index contributed by atoms with van der Waals surface area (Å²) >= 11 is 0. The van der Waals surface area contributed by atoms with Crippen LogP contribution in [0.3, 0.4) is 0 Å². The molecule has 27 heavy (non-hydrogen) atoms. The molecule has 2 aromatic rings. The van der Waals surface area contributed by atoms with Gasteiger partial charge in [-0.3, -0.25) is 14.4 Å². The van der Waals surface area contributed by atoms with Crippen molar-refractivity contribution in [1.82, 2.24) is 24.8 Å². The molecule has 6 heteroatoms. The van der Waals surface area contributed by atoms with Gasteiger partial charge in [-0.25, -0.2) is 0 Å². The van der Waals surface area contributed by atoms with Gasteiger partial charge >= 0.3 is 0 Å². The Bertz CT molecular complexity index is 763. The molecule has 0 spiro atoms. The van der Waals surface area contributed by atoms with Crippen molar-refractivity contribution in [3.05, 3.63) is 47.3 Å². The Kier molecular flexibility index (Phi) is 5.53. The number of nitrogens with zero attached hydrogens (tertiary/aromatic N) is 5. The number of carbonyl (C=O) groups is 1. The first kappa shape index (κ1) is 18.2. The molecule has 2 aliphatic rings. The van der Waals surface area contributed by atoms with E-state index in [0.717, 1.165) is 52.1 Å². The molecule has 0 saturated carbocycles. The second-order valence-corrected chi connectivity index (χ2v) is 8.05. The molecular formula is C21H29N5O. The maximum absolute atomic E-state index is 12.4. The van der Waals surface area contributed by atoms with Crippen molar-refractivity contribution in [1.29, 1.82) is 0 Å². The molecule has 2 saturated heterocycles. The van der Waals surface area contributed by atoms with Gasteiger partial charge in [-0.15, -0.1) is 5.10 Å². The minimum absolute atomic E-state index is 0.0309. The lowest BCUT2D eigenvalue weighted by Gasteiger charge is -2.32. The first-order valence-corrected chi connectivity index (χ1v) is 10.1. The van der Waals surface area contributed by atoms with Crippen LogP contribution in [-0.2, 0) is 13.1 Å². The molecule has 1 atom stereocenters. The number of aryl methyl sites for hydroxylation is 1. The fourth-order valence-electron chi connectivity index (χ4n) is 4.23. The Balaban J connectivity index is 1.32. The summed E-state index contributed by atoms with van der Waals surface area (Å²) in [4.78, 5) is 16.9. The first-order chi connectivity index (χ1) is 13.2. The third-order valence-corrected chi connectivity index (χ3v) is 5.73. The van der Waals surface area contributed by atoms with Crippen LogP contribution < -0.4 is 0 Å². The highest BCUT2D eigenvalue weighted by atomic mass is 16.2. The predicted molar refractivity (Wildman–Crippen MR) is 104 cm³/mol. The fourth-order valence-corrected chi connectivity index (χ4v) is 4.23. The molecule has 1 aromatic heterocycles. The minimum atomic E-state index is 0.0309. The Morgan fingerprint density at radius 2 is 1.89 bits per heavy atom. The molecule has 0 radical (unpaired) electrons. The van der Waals surface area contributed by atoms with Crippen LogP contribution >= 0.6 is 0 Å². The van der Waals surface area contributed by atoms with E-state index in [1.807, 2.05) is 15.8 Å². The largest absolute Gasteiger partial charge is 0.337 e. The zero-order valence-corrected chi connectivity index (χ0v) is 16.2. The van der Waals surface area contributed by atoms with E-state index in [2.05, 4.69) is 46.4 Å². The lowest BCUT2D eigenvalue weighted by molar-refractivity contribution is 0.0787. The first-order valence-electron chi connectivity index (χ1n) is 10.1. The van der Waals surface area contributed by atoms with E-state index in [4.69, 9.17) is 0 Å². The average Bonchev–Trinajstić information content (AvgIpc) is 3.36. The van der Waals surface area contributed by atoms with Crippen LogP contribution in [0.2, 0.25) is 0 Å². The topological polar surface area (TPSA) is 54.3 Å². The highest BCUT2D eigenvalue weighted by molar-refractivity contribution is 5.92. The van der Waals surface area contributed by atoms with Crippen LogP contribution in [0.15, 0.2) is 30.5 Å². The number of piperidine rings is 1. The second kappa shape index (κ2) is 8.21. The Morgan fingerprint density at radius 1 is 1.11 bits per heavy atom. The molecular weight excluding hydrogens is 338 g/mol. The van der Waals surface area contributed by atoms with Crippen molar-refractivity contribution in [2.24, 2.45) is 5.92 Å². The number of rotatable bonds is 5. The molecule has 1 aromatic carbocycles. The molecule has 0 N–H and O–H groups in total. The number of hydrogen-bond donors (Lipinski definition) is 0. The molecule has 3 heterocycles. The van der Waals surface area contributed by atoms with Crippen LogP contribution in [0.1, 0.15) is 47.3 Å². The van der Waals surface area contributed by atoms with Crippen molar-refractivity contribution >= 4 is 5.91 Å². The monoisotopic (exact) mass is 367 g/mol.